The highest BCUT2D eigenvalue weighted by molar-refractivity contribution is 6.32. The third-order valence-corrected chi connectivity index (χ3v) is 7.48. The highest BCUT2D eigenvalue weighted by Crippen LogP contribution is 2.38. The second-order valence-electron chi connectivity index (χ2n) is 9.95. The summed E-state index contributed by atoms with van der Waals surface area (Å²) < 4.78 is 44.1. The first kappa shape index (κ1) is 28.2. The molecule has 0 amide bonds. The molecule has 0 radical (unpaired) electrons. The van der Waals surface area contributed by atoms with Gasteiger partial charge in [0.2, 0.25) is 11.9 Å². The van der Waals surface area contributed by atoms with Crippen molar-refractivity contribution in [3.63, 3.8) is 0 Å². The highest BCUT2D eigenvalue weighted by atomic mass is 35.5. The number of aromatic nitrogens is 3. The maximum atomic E-state index is 13.2. The van der Waals surface area contributed by atoms with E-state index in [1.807, 2.05) is 4.90 Å². The molecule has 1 aliphatic carbocycles. The van der Waals surface area contributed by atoms with E-state index in [-0.39, 0.29) is 46.9 Å². The summed E-state index contributed by atoms with van der Waals surface area (Å²) in [6.07, 6.45) is 1.43. The van der Waals surface area contributed by atoms with E-state index in [1.165, 1.54) is 6.07 Å². The molecule has 1 saturated heterocycles. The fraction of sp³-hybridized carbons (Fsp3) is 0.615. The number of hydrogen-bond acceptors (Lipinski definition) is 8. The molecule has 2 N–H and O–H groups in total. The van der Waals surface area contributed by atoms with Crippen LogP contribution in [-0.2, 0) is 11.2 Å². The van der Waals surface area contributed by atoms with Crippen molar-refractivity contribution in [3.8, 4) is 5.75 Å². The van der Waals surface area contributed by atoms with Gasteiger partial charge in [0.25, 0.3) is 0 Å². The Balaban J connectivity index is 1.42. The number of Topliss-reactive ketones (excluding diaryl/α,β-unsaturated/α-hetero) is 1. The number of halogens is 4. The van der Waals surface area contributed by atoms with Gasteiger partial charge in [-0.2, -0.15) is 15.0 Å². The molecule has 0 spiro atoms. The van der Waals surface area contributed by atoms with Crippen LogP contribution in [0.25, 0.3) is 0 Å². The van der Waals surface area contributed by atoms with Crippen molar-refractivity contribution in [1.29, 1.82) is 0 Å². The number of nitrogens with zero attached hydrogens (tertiary/aromatic N) is 4. The first-order valence-corrected chi connectivity index (χ1v) is 13.5. The van der Waals surface area contributed by atoms with E-state index in [4.69, 9.17) is 11.6 Å². The first-order chi connectivity index (χ1) is 18.1. The maximum Gasteiger partial charge on any atom is 0.573 e. The fourth-order valence-corrected chi connectivity index (χ4v) is 5.60. The van der Waals surface area contributed by atoms with E-state index in [0.717, 1.165) is 51.6 Å². The number of aryl methyl sites for hydroxylation is 1. The van der Waals surface area contributed by atoms with Crippen molar-refractivity contribution >= 4 is 35.0 Å². The largest absolute Gasteiger partial charge is 0.573 e. The van der Waals surface area contributed by atoms with E-state index in [0.29, 0.717) is 29.8 Å². The van der Waals surface area contributed by atoms with Crippen LogP contribution in [0, 0.1) is 12.8 Å². The minimum Gasteiger partial charge on any atom is -0.405 e. The minimum absolute atomic E-state index is 0.00775. The van der Waals surface area contributed by atoms with E-state index in [2.05, 4.69) is 30.3 Å². The summed E-state index contributed by atoms with van der Waals surface area (Å²) in [6, 6.07) is 3.11. The number of carbonyl (C=O) groups is 1. The predicted molar refractivity (Wildman–Crippen MR) is 141 cm³/mol. The standard InChI is InChI=1S/C26H34ClF3N6O2/c1-16-32-24(31-2)35-25(33-16)34-18-8-6-7-17(13-18)22(37)10-9-20-21(27)14-19(36-11-4-3-5-12-36)15-23(20)38-26(28,29)30/h14-15,17-18H,3-13H2,1-2H3,(H2,31,32,33,34,35)/t17-,18+/m1/s1. The van der Waals surface area contributed by atoms with Crippen molar-refractivity contribution < 1.29 is 22.7 Å². The summed E-state index contributed by atoms with van der Waals surface area (Å²) in [5.41, 5.74) is 0.823. The number of ether oxygens (including phenoxy) is 1. The molecule has 1 aliphatic heterocycles. The second-order valence-corrected chi connectivity index (χ2v) is 10.4. The van der Waals surface area contributed by atoms with Gasteiger partial charge in [-0.1, -0.05) is 18.0 Å². The van der Waals surface area contributed by atoms with E-state index in [1.54, 1.807) is 20.0 Å². The monoisotopic (exact) mass is 554 g/mol. The molecule has 2 atom stereocenters. The van der Waals surface area contributed by atoms with Crippen LogP contribution in [0.5, 0.6) is 5.75 Å². The van der Waals surface area contributed by atoms with Crippen LogP contribution in [0.3, 0.4) is 0 Å². The number of alkyl halides is 3. The van der Waals surface area contributed by atoms with Gasteiger partial charge >= 0.3 is 6.36 Å². The Hall–Kier alpha value is -2.82. The SMILES string of the molecule is CNc1nc(C)nc(N[C@H]2CCC[C@@H](C(=O)CCc3c(Cl)cc(N4CCCCC4)cc3OC(F)(F)F)C2)n1. The van der Waals surface area contributed by atoms with Crippen LogP contribution < -0.4 is 20.3 Å². The van der Waals surface area contributed by atoms with Crippen molar-refractivity contribution in [2.45, 2.75) is 77.1 Å². The van der Waals surface area contributed by atoms with Gasteiger partial charge in [0.05, 0.1) is 0 Å². The minimum atomic E-state index is -4.86. The molecule has 2 heterocycles. The molecule has 208 valence electrons. The van der Waals surface area contributed by atoms with Crippen LogP contribution in [0.4, 0.5) is 30.8 Å². The van der Waals surface area contributed by atoms with E-state index >= 15 is 0 Å². The smallest absolute Gasteiger partial charge is 0.405 e. The lowest BCUT2D eigenvalue weighted by Crippen LogP contribution is -2.32. The number of ketones is 1. The third kappa shape index (κ3) is 7.61. The predicted octanol–water partition coefficient (Wildman–Crippen LogP) is 5.94. The van der Waals surface area contributed by atoms with Crippen LogP contribution in [-0.4, -0.2) is 53.3 Å². The third-order valence-electron chi connectivity index (χ3n) is 7.14. The summed E-state index contributed by atoms with van der Waals surface area (Å²) in [4.78, 5) is 28.0. The topological polar surface area (TPSA) is 92.3 Å². The molecule has 2 fully saturated rings. The zero-order chi connectivity index (χ0) is 27.3. The summed E-state index contributed by atoms with van der Waals surface area (Å²) in [6.45, 7) is 3.30. The number of carbonyl (C=O) groups excluding carboxylic acids is 1. The Kier molecular flexibility index (Phi) is 9.17. The van der Waals surface area contributed by atoms with E-state index < -0.39 is 6.36 Å². The van der Waals surface area contributed by atoms with Crippen LogP contribution >= 0.6 is 11.6 Å². The van der Waals surface area contributed by atoms with E-state index in [9.17, 15) is 18.0 Å². The lowest BCUT2D eigenvalue weighted by atomic mass is 9.81. The summed E-state index contributed by atoms with van der Waals surface area (Å²) >= 11 is 6.48. The molecule has 12 heteroatoms. The Morgan fingerprint density at radius 3 is 2.55 bits per heavy atom. The lowest BCUT2D eigenvalue weighted by molar-refractivity contribution is -0.274. The molecule has 1 saturated carbocycles. The molecule has 4 rings (SSSR count). The Morgan fingerprint density at radius 1 is 1.11 bits per heavy atom. The Morgan fingerprint density at radius 2 is 1.84 bits per heavy atom. The fourth-order valence-electron chi connectivity index (χ4n) is 5.30. The number of nitrogens with one attached hydrogen (secondary N) is 2. The number of piperidine rings is 1. The zero-order valence-electron chi connectivity index (χ0n) is 21.7. The van der Waals surface area contributed by atoms with Gasteiger partial charge < -0.3 is 20.3 Å². The summed E-state index contributed by atoms with van der Waals surface area (Å²) in [7, 11) is 1.73. The van der Waals surface area contributed by atoms with Gasteiger partial charge in [0.1, 0.15) is 17.4 Å². The molecular formula is C26H34ClF3N6O2. The summed E-state index contributed by atoms with van der Waals surface area (Å²) in [5.74, 6) is 0.972. The molecule has 38 heavy (non-hydrogen) atoms. The van der Waals surface area contributed by atoms with Crippen LogP contribution in [0.1, 0.15) is 62.8 Å². The Labute approximate surface area is 225 Å². The van der Waals surface area contributed by atoms with Gasteiger partial charge in [-0.15, -0.1) is 13.2 Å². The maximum absolute atomic E-state index is 13.2. The normalized spacial score (nSPS) is 20.2. The van der Waals surface area contributed by atoms with Crippen molar-refractivity contribution in [3.05, 3.63) is 28.5 Å². The van der Waals surface area contributed by atoms with Crippen LogP contribution in [0.15, 0.2) is 12.1 Å². The Bertz CT molecular complexity index is 1130. The molecule has 0 unspecified atom stereocenters. The van der Waals surface area contributed by atoms with Gasteiger partial charge in [-0.25, -0.2) is 0 Å². The number of hydrogen-bond donors (Lipinski definition) is 2. The molecule has 2 aliphatic rings. The molecule has 2 aromatic rings. The molecule has 0 bridgehead atoms. The molecule has 1 aromatic carbocycles. The first-order valence-electron chi connectivity index (χ1n) is 13.1. The molecule has 8 nitrogen and oxygen atoms in total. The number of benzene rings is 1. The quantitative estimate of drug-likeness (QED) is 0.394. The molecule has 1 aromatic heterocycles. The van der Waals surface area contributed by atoms with Gasteiger partial charge in [-0.05, 0) is 57.9 Å². The number of rotatable bonds is 9. The average molecular weight is 555 g/mol. The van der Waals surface area contributed by atoms with Gasteiger partial charge in [-0.3, -0.25) is 4.79 Å². The zero-order valence-corrected chi connectivity index (χ0v) is 22.5. The van der Waals surface area contributed by atoms with Crippen molar-refractivity contribution in [2.24, 2.45) is 5.92 Å². The van der Waals surface area contributed by atoms with Crippen LogP contribution in [0.2, 0.25) is 5.02 Å². The second kappa shape index (κ2) is 12.4. The van der Waals surface area contributed by atoms with Crippen molar-refractivity contribution in [2.75, 3.05) is 35.7 Å². The summed E-state index contributed by atoms with van der Waals surface area (Å²) in [5, 5.41) is 6.40. The van der Waals surface area contributed by atoms with Gasteiger partial charge in [0, 0.05) is 60.9 Å². The average Bonchev–Trinajstić information content (AvgIpc) is 2.87. The molecular weight excluding hydrogens is 521 g/mol. The van der Waals surface area contributed by atoms with Crippen molar-refractivity contribution in [1.82, 2.24) is 15.0 Å². The number of anilines is 3. The van der Waals surface area contributed by atoms with Gasteiger partial charge in [0.15, 0.2) is 0 Å². The highest BCUT2D eigenvalue weighted by Gasteiger charge is 2.34. The lowest BCUT2D eigenvalue weighted by Gasteiger charge is -2.30.